The van der Waals surface area contributed by atoms with Gasteiger partial charge >= 0.3 is 0 Å². The van der Waals surface area contributed by atoms with Crippen LogP contribution >= 0.6 is 11.8 Å². The van der Waals surface area contributed by atoms with E-state index in [0.29, 0.717) is 30.7 Å². The largest absolute Gasteiger partial charge is 0.351 e. The second-order valence-corrected chi connectivity index (χ2v) is 5.73. The van der Waals surface area contributed by atoms with Crippen LogP contribution in [0.3, 0.4) is 0 Å². The number of nitrogens with one attached hydrogen (secondary N) is 1. The fraction of sp³-hybridized carbons (Fsp3) is 0.429. The number of aryl methyl sites for hydroxylation is 1. The van der Waals surface area contributed by atoms with E-state index in [0.717, 1.165) is 5.56 Å². The number of carbonyl (C=O) groups is 2. The molecule has 3 nitrogen and oxygen atoms in total. The van der Waals surface area contributed by atoms with E-state index in [-0.39, 0.29) is 22.8 Å². The lowest BCUT2D eigenvalue weighted by atomic mass is 10.1. The van der Waals surface area contributed by atoms with Gasteiger partial charge in [0, 0.05) is 13.0 Å². The number of rotatable bonds is 4. The highest BCUT2D eigenvalue weighted by molar-refractivity contribution is 8.01. The van der Waals surface area contributed by atoms with Crippen molar-refractivity contribution in [3.63, 3.8) is 0 Å². The number of hydrogen-bond acceptors (Lipinski definition) is 3. The monoisotopic (exact) mass is 281 g/mol. The number of ketones is 1. The second kappa shape index (κ2) is 6.19. The summed E-state index contributed by atoms with van der Waals surface area (Å²) < 4.78 is 13.3. The Balaban J connectivity index is 1.91. The maximum absolute atomic E-state index is 13.3. The van der Waals surface area contributed by atoms with Crippen LogP contribution in [-0.4, -0.2) is 22.7 Å². The Morgan fingerprint density at radius 3 is 2.95 bits per heavy atom. The van der Waals surface area contributed by atoms with Crippen molar-refractivity contribution in [3.8, 4) is 0 Å². The summed E-state index contributed by atoms with van der Waals surface area (Å²) >= 11 is 1.38. The van der Waals surface area contributed by atoms with Gasteiger partial charge < -0.3 is 5.32 Å². The predicted octanol–water partition coefficient (Wildman–Crippen LogP) is 2.08. The number of halogens is 1. The third-order valence-electron chi connectivity index (χ3n) is 3.11. The Hall–Kier alpha value is -1.36. The molecule has 0 bridgehead atoms. The van der Waals surface area contributed by atoms with Crippen molar-refractivity contribution in [2.75, 3.05) is 5.75 Å². The van der Waals surface area contributed by atoms with Crippen LogP contribution in [0, 0.1) is 5.82 Å². The molecule has 1 aliphatic rings. The molecular formula is C14H16FNO2S. The zero-order chi connectivity index (χ0) is 13.8. The van der Waals surface area contributed by atoms with E-state index in [1.165, 1.54) is 17.8 Å². The summed E-state index contributed by atoms with van der Waals surface area (Å²) in [5.74, 6) is 0.224. The molecule has 1 aromatic carbocycles. The topological polar surface area (TPSA) is 46.2 Å². The van der Waals surface area contributed by atoms with E-state index in [4.69, 9.17) is 0 Å². The summed E-state index contributed by atoms with van der Waals surface area (Å²) in [6, 6.07) is 4.86. The smallest absolute Gasteiger partial charge is 0.233 e. The van der Waals surface area contributed by atoms with E-state index >= 15 is 0 Å². The van der Waals surface area contributed by atoms with Gasteiger partial charge in [-0.05, 0) is 23.6 Å². The first-order valence-corrected chi connectivity index (χ1v) is 7.33. The van der Waals surface area contributed by atoms with Gasteiger partial charge in [0.1, 0.15) is 11.6 Å². The molecule has 1 saturated heterocycles. The maximum Gasteiger partial charge on any atom is 0.233 e. The third-order valence-corrected chi connectivity index (χ3v) is 4.38. The van der Waals surface area contributed by atoms with Gasteiger partial charge in [-0.2, -0.15) is 0 Å². The Bertz CT molecular complexity index is 504. The zero-order valence-corrected chi connectivity index (χ0v) is 11.6. The molecule has 19 heavy (non-hydrogen) atoms. The molecule has 2 rings (SSSR count). The molecular weight excluding hydrogens is 265 g/mol. The first-order chi connectivity index (χ1) is 9.10. The Morgan fingerprint density at radius 1 is 1.53 bits per heavy atom. The molecule has 1 heterocycles. The molecule has 5 heteroatoms. The van der Waals surface area contributed by atoms with Crippen LogP contribution in [0.2, 0.25) is 0 Å². The van der Waals surface area contributed by atoms with Crippen molar-refractivity contribution in [2.45, 2.75) is 31.6 Å². The summed E-state index contributed by atoms with van der Waals surface area (Å²) in [5, 5.41) is 2.53. The Morgan fingerprint density at radius 2 is 2.32 bits per heavy atom. The maximum atomic E-state index is 13.3. The quantitative estimate of drug-likeness (QED) is 0.919. The van der Waals surface area contributed by atoms with Gasteiger partial charge in [0.25, 0.3) is 0 Å². The van der Waals surface area contributed by atoms with E-state index in [9.17, 15) is 14.0 Å². The second-order valence-electron chi connectivity index (χ2n) is 4.54. The fourth-order valence-corrected chi connectivity index (χ4v) is 3.04. The van der Waals surface area contributed by atoms with Crippen molar-refractivity contribution in [2.24, 2.45) is 0 Å². The lowest BCUT2D eigenvalue weighted by molar-refractivity contribution is -0.123. The standard InChI is InChI=1S/C14H16FNO2S/c1-2-10-5-9(3-4-12(10)15)7-16-14(18)13-6-11(17)8-19-13/h3-5,13H,2,6-8H2,1H3,(H,16,18). The lowest BCUT2D eigenvalue weighted by Crippen LogP contribution is -2.31. The molecule has 102 valence electrons. The first kappa shape index (κ1) is 14.1. The minimum atomic E-state index is -0.265. The predicted molar refractivity (Wildman–Crippen MR) is 73.5 cm³/mol. The number of amides is 1. The van der Waals surface area contributed by atoms with E-state index in [2.05, 4.69) is 5.32 Å². The van der Waals surface area contributed by atoms with E-state index in [1.54, 1.807) is 12.1 Å². The van der Waals surface area contributed by atoms with Gasteiger partial charge in [-0.15, -0.1) is 11.8 Å². The van der Waals surface area contributed by atoms with Crippen LogP contribution in [0.4, 0.5) is 4.39 Å². The summed E-state index contributed by atoms with van der Waals surface area (Å²) in [7, 11) is 0. The SMILES string of the molecule is CCc1cc(CNC(=O)C2CC(=O)CS2)ccc1F. The average molecular weight is 281 g/mol. The normalized spacial score (nSPS) is 18.6. The fourth-order valence-electron chi connectivity index (χ4n) is 2.00. The number of carbonyl (C=O) groups excluding carboxylic acids is 2. The number of benzene rings is 1. The molecule has 1 fully saturated rings. The van der Waals surface area contributed by atoms with Crippen molar-refractivity contribution in [1.82, 2.24) is 5.32 Å². The molecule has 1 amide bonds. The minimum absolute atomic E-state index is 0.113. The lowest BCUT2D eigenvalue weighted by Gasteiger charge is -2.10. The highest BCUT2D eigenvalue weighted by atomic mass is 32.2. The molecule has 0 saturated carbocycles. The van der Waals surface area contributed by atoms with E-state index in [1.807, 2.05) is 6.92 Å². The summed E-state index contributed by atoms with van der Waals surface area (Å²) in [4.78, 5) is 22.9. The number of thioether (sulfide) groups is 1. The molecule has 1 N–H and O–H groups in total. The van der Waals surface area contributed by atoms with Gasteiger partial charge in [-0.1, -0.05) is 19.1 Å². The molecule has 0 radical (unpaired) electrons. The summed E-state index contributed by atoms with van der Waals surface area (Å²) in [6.07, 6.45) is 0.945. The van der Waals surface area contributed by atoms with Crippen molar-refractivity contribution < 1.29 is 14.0 Å². The minimum Gasteiger partial charge on any atom is -0.351 e. The highest BCUT2D eigenvalue weighted by Crippen LogP contribution is 2.23. The molecule has 1 aromatic rings. The Labute approximate surface area is 116 Å². The van der Waals surface area contributed by atoms with Crippen molar-refractivity contribution in [3.05, 3.63) is 35.1 Å². The molecule has 1 unspecified atom stereocenters. The van der Waals surface area contributed by atoms with Crippen LogP contribution in [0.25, 0.3) is 0 Å². The zero-order valence-electron chi connectivity index (χ0n) is 10.7. The highest BCUT2D eigenvalue weighted by Gasteiger charge is 2.28. The van der Waals surface area contributed by atoms with Crippen molar-refractivity contribution >= 4 is 23.5 Å². The first-order valence-electron chi connectivity index (χ1n) is 6.28. The van der Waals surface area contributed by atoms with Gasteiger partial charge in [-0.25, -0.2) is 4.39 Å². The van der Waals surface area contributed by atoms with Crippen molar-refractivity contribution in [1.29, 1.82) is 0 Å². The molecule has 0 aliphatic carbocycles. The van der Waals surface area contributed by atoms with Gasteiger partial charge in [0.2, 0.25) is 5.91 Å². The van der Waals surface area contributed by atoms with Crippen LogP contribution in [-0.2, 0) is 22.6 Å². The summed E-state index contributed by atoms with van der Waals surface area (Å²) in [5.41, 5.74) is 1.53. The van der Waals surface area contributed by atoms with Crippen LogP contribution < -0.4 is 5.32 Å². The molecule has 1 aliphatic heterocycles. The van der Waals surface area contributed by atoms with Crippen LogP contribution in [0.15, 0.2) is 18.2 Å². The number of hydrogen-bond donors (Lipinski definition) is 1. The van der Waals surface area contributed by atoms with Crippen LogP contribution in [0.5, 0.6) is 0 Å². The van der Waals surface area contributed by atoms with Gasteiger partial charge in [0.05, 0.1) is 11.0 Å². The molecule has 0 spiro atoms. The van der Waals surface area contributed by atoms with Gasteiger partial charge in [0.15, 0.2) is 0 Å². The molecule has 1 atom stereocenters. The summed E-state index contributed by atoms with van der Waals surface area (Å²) in [6.45, 7) is 2.26. The average Bonchev–Trinajstić information content (AvgIpc) is 2.84. The van der Waals surface area contributed by atoms with Crippen LogP contribution in [0.1, 0.15) is 24.5 Å². The molecule has 0 aromatic heterocycles. The Kier molecular flexibility index (Phi) is 4.58. The number of Topliss-reactive ketones (excluding diaryl/α,β-unsaturated/α-hetero) is 1. The van der Waals surface area contributed by atoms with Gasteiger partial charge in [-0.3, -0.25) is 9.59 Å². The van der Waals surface area contributed by atoms with E-state index < -0.39 is 0 Å². The third kappa shape index (κ3) is 3.56.